The van der Waals surface area contributed by atoms with Crippen LogP contribution in [0.25, 0.3) is 0 Å². The van der Waals surface area contributed by atoms with Crippen molar-refractivity contribution in [2.45, 2.75) is 6.54 Å². The third-order valence-corrected chi connectivity index (χ3v) is 7.21. The van der Waals surface area contributed by atoms with Gasteiger partial charge in [0.25, 0.3) is 5.91 Å². The number of para-hydroxylation sites is 1. The summed E-state index contributed by atoms with van der Waals surface area (Å²) in [6, 6.07) is 22.1. The highest BCUT2D eigenvalue weighted by atomic mass is 35.5. The Bertz CT molecular complexity index is 1630. The Morgan fingerprint density at radius 3 is 2.20 bits per heavy atom. The number of nitrogens with zero attached hydrogens (tertiary/aromatic N) is 1. The molecule has 40 heavy (non-hydrogen) atoms. The lowest BCUT2D eigenvalue weighted by molar-refractivity contribution is 0.102. The number of hydrogen-bond acceptors (Lipinski definition) is 6. The Hall–Kier alpha value is -4.28. The normalized spacial score (nSPS) is 11.0. The van der Waals surface area contributed by atoms with Crippen LogP contribution in [0.3, 0.4) is 0 Å². The van der Waals surface area contributed by atoms with Crippen molar-refractivity contribution in [3.63, 3.8) is 0 Å². The molecule has 4 aromatic rings. The molecular formula is C29H26ClFN2O6S. The summed E-state index contributed by atoms with van der Waals surface area (Å²) in [6.07, 6.45) is 0.967. The van der Waals surface area contributed by atoms with Crippen LogP contribution in [-0.4, -0.2) is 34.8 Å². The van der Waals surface area contributed by atoms with Gasteiger partial charge < -0.3 is 19.5 Å². The van der Waals surface area contributed by atoms with Crippen LogP contribution in [0.1, 0.15) is 15.9 Å². The van der Waals surface area contributed by atoms with Gasteiger partial charge in [-0.1, -0.05) is 48.0 Å². The molecule has 4 rings (SSSR count). The molecular weight excluding hydrogens is 559 g/mol. The molecule has 0 heterocycles. The third kappa shape index (κ3) is 6.64. The van der Waals surface area contributed by atoms with Crippen molar-refractivity contribution in [2.24, 2.45) is 0 Å². The summed E-state index contributed by atoms with van der Waals surface area (Å²) in [5.74, 6) is -0.102. The van der Waals surface area contributed by atoms with Crippen molar-refractivity contribution in [3.8, 4) is 23.0 Å². The number of methoxy groups -OCH3 is 2. The quantitative estimate of drug-likeness (QED) is 0.228. The monoisotopic (exact) mass is 584 g/mol. The molecule has 0 fully saturated rings. The van der Waals surface area contributed by atoms with Crippen molar-refractivity contribution >= 4 is 38.9 Å². The second kappa shape index (κ2) is 12.3. The molecule has 0 saturated carbocycles. The topological polar surface area (TPSA) is 94.2 Å². The van der Waals surface area contributed by atoms with Crippen LogP contribution in [0.15, 0.2) is 84.9 Å². The van der Waals surface area contributed by atoms with Gasteiger partial charge in [0.1, 0.15) is 11.6 Å². The van der Waals surface area contributed by atoms with E-state index < -0.39 is 21.7 Å². The first-order valence-electron chi connectivity index (χ1n) is 11.9. The zero-order valence-electron chi connectivity index (χ0n) is 21.9. The van der Waals surface area contributed by atoms with E-state index in [1.54, 1.807) is 42.5 Å². The number of anilines is 2. The zero-order chi connectivity index (χ0) is 28.9. The number of rotatable bonds is 10. The van der Waals surface area contributed by atoms with Gasteiger partial charge in [-0.25, -0.2) is 12.8 Å². The average Bonchev–Trinajstić information content (AvgIpc) is 2.93. The maximum atomic E-state index is 14.6. The molecule has 0 aliphatic rings. The fourth-order valence-electron chi connectivity index (χ4n) is 3.91. The summed E-state index contributed by atoms with van der Waals surface area (Å²) >= 11 is 6.22. The molecule has 0 atom stereocenters. The molecule has 0 spiro atoms. The van der Waals surface area contributed by atoms with E-state index in [1.165, 1.54) is 50.6 Å². The second-order valence-corrected chi connectivity index (χ2v) is 10.9. The van der Waals surface area contributed by atoms with Gasteiger partial charge in [-0.3, -0.25) is 9.10 Å². The molecule has 8 nitrogen and oxygen atoms in total. The Balaban J connectivity index is 1.81. The molecule has 0 saturated heterocycles. The van der Waals surface area contributed by atoms with E-state index in [0.717, 1.165) is 10.6 Å². The summed E-state index contributed by atoms with van der Waals surface area (Å²) in [7, 11) is -1.26. The van der Waals surface area contributed by atoms with Gasteiger partial charge in [-0.05, 0) is 42.5 Å². The van der Waals surface area contributed by atoms with E-state index in [2.05, 4.69) is 5.32 Å². The van der Waals surface area contributed by atoms with Gasteiger partial charge in [-0.2, -0.15) is 0 Å². The van der Waals surface area contributed by atoms with Crippen molar-refractivity contribution in [1.29, 1.82) is 0 Å². The molecule has 11 heteroatoms. The number of ether oxygens (including phenoxy) is 3. The van der Waals surface area contributed by atoms with Crippen LogP contribution >= 0.6 is 11.6 Å². The summed E-state index contributed by atoms with van der Waals surface area (Å²) in [6.45, 7) is -0.374. The van der Waals surface area contributed by atoms with Crippen LogP contribution in [-0.2, 0) is 16.6 Å². The van der Waals surface area contributed by atoms with E-state index >= 15 is 0 Å². The van der Waals surface area contributed by atoms with E-state index in [4.69, 9.17) is 25.8 Å². The maximum Gasteiger partial charge on any atom is 0.258 e. The largest absolute Gasteiger partial charge is 0.493 e. The molecule has 0 aromatic heterocycles. The van der Waals surface area contributed by atoms with Crippen LogP contribution in [0.2, 0.25) is 5.02 Å². The van der Waals surface area contributed by atoms with Gasteiger partial charge in [0.15, 0.2) is 17.2 Å². The predicted molar refractivity (Wildman–Crippen MR) is 153 cm³/mol. The number of sulfonamides is 1. The molecule has 0 aliphatic heterocycles. The maximum absolute atomic E-state index is 14.6. The lowest BCUT2D eigenvalue weighted by Crippen LogP contribution is -2.32. The molecule has 208 valence electrons. The number of amides is 1. The minimum absolute atomic E-state index is 0.0477. The van der Waals surface area contributed by atoms with Crippen molar-refractivity contribution in [3.05, 3.63) is 107 Å². The van der Waals surface area contributed by atoms with Gasteiger partial charge in [0, 0.05) is 16.7 Å². The van der Waals surface area contributed by atoms with Crippen LogP contribution in [0, 0.1) is 5.82 Å². The lowest BCUT2D eigenvalue weighted by atomic mass is 10.1. The Kier molecular flexibility index (Phi) is 8.81. The molecule has 1 N–H and O–H groups in total. The molecule has 0 unspecified atom stereocenters. The minimum atomic E-state index is -4.02. The molecule has 0 radical (unpaired) electrons. The van der Waals surface area contributed by atoms with Crippen molar-refractivity contribution in [1.82, 2.24) is 0 Å². The van der Waals surface area contributed by atoms with Crippen LogP contribution < -0.4 is 23.8 Å². The van der Waals surface area contributed by atoms with Crippen molar-refractivity contribution in [2.75, 3.05) is 30.1 Å². The number of benzene rings is 4. The third-order valence-electron chi connectivity index (χ3n) is 5.85. The molecule has 4 aromatic carbocycles. The number of carbonyl (C=O) groups excluding carboxylic acids is 1. The SMILES string of the molecule is COc1cc(C(=O)Nc2cc(Cl)ccc2Oc2ccccc2)c(N(Cc2ccccc2F)S(C)(=O)=O)cc1OC. The summed E-state index contributed by atoms with van der Waals surface area (Å²) in [4.78, 5) is 13.8. The lowest BCUT2D eigenvalue weighted by Gasteiger charge is -2.26. The summed E-state index contributed by atoms with van der Waals surface area (Å²) in [5, 5.41) is 3.09. The molecule has 1 amide bonds. The highest BCUT2D eigenvalue weighted by Gasteiger charge is 2.28. The van der Waals surface area contributed by atoms with Gasteiger partial charge in [0.2, 0.25) is 10.0 Å². The molecule has 0 aliphatic carbocycles. The van der Waals surface area contributed by atoms with Gasteiger partial charge in [0.05, 0.1) is 44.0 Å². The highest BCUT2D eigenvalue weighted by molar-refractivity contribution is 7.92. The van der Waals surface area contributed by atoms with Crippen molar-refractivity contribution < 1.29 is 31.8 Å². The Morgan fingerprint density at radius 1 is 0.900 bits per heavy atom. The first-order valence-corrected chi connectivity index (χ1v) is 14.1. The smallest absolute Gasteiger partial charge is 0.258 e. The highest BCUT2D eigenvalue weighted by Crippen LogP contribution is 2.38. The average molecular weight is 585 g/mol. The number of hydrogen-bond donors (Lipinski definition) is 1. The second-order valence-electron chi connectivity index (χ2n) is 8.60. The Labute approximate surface area is 236 Å². The standard InChI is InChI=1S/C29H26ClFN2O6S/c1-37-27-16-22(29(34)32-24-15-20(30)13-14-26(24)39-21-10-5-4-6-11-21)25(17-28(27)38-2)33(40(3,35)36)18-19-9-7-8-12-23(19)31/h4-17H,18H2,1-3H3,(H,32,34). The van der Waals surface area contributed by atoms with Crippen LogP contribution in [0.5, 0.6) is 23.0 Å². The van der Waals surface area contributed by atoms with Gasteiger partial charge in [-0.15, -0.1) is 0 Å². The Morgan fingerprint density at radius 2 is 1.55 bits per heavy atom. The first kappa shape index (κ1) is 28.7. The fourth-order valence-corrected chi connectivity index (χ4v) is 4.97. The van der Waals surface area contributed by atoms with E-state index in [0.29, 0.717) is 16.5 Å². The van der Waals surface area contributed by atoms with E-state index in [-0.39, 0.29) is 40.5 Å². The summed E-state index contributed by atoms with van der Waals surface area (Å²) < 4.78 is 58.2. The zero-order valence-corrected chi connectivity index (χ0v) is 23.4. The van der Waals surface area contributed by atoms with Gasteiger partial charge >= 0.3 is 0 Å². The predicted octanol–water partition coefficient (Wildman–Crippen LogP) is 6.51. The van der Waals surface area contributed by atoms with E-state index in [9.17, 15) is 17.6 Å². The minimum Gasteiger partial charge on any atom is -0.493 e. The van der Waals surface area contributed by atoms with E-state index in [1.807, 2.05) is 6.07 Å². The first-order chi connectivity index (χ1) is 19.1. The van der Waals surface area contributed by atoms with Crippen LogP contribution in [0.4, 0.5) is 15.8 Å². The molecule has 0 bridgehead atoms. The fraction of sp³-hybridized carbons (Fsp3) is 0.138. The summed E-state index contributed by atoms with van der Waals surface area (Å²) in [5.41, 5.74) is 0.225. The number of nitrogens with one attached hydrogen (secondary N) is 1. The number of carbonyl (C=O) groups is 1. The number of halogens is 2.